The summed E-state index contributed by atoms with van der Waals surface area (Å²) in [5.41, 5.74) is 6.83. The second-order valence-corrected chi connectivity index (χ2v) is 6.65. The average molecular weight is 338 g/mol. The number of nitrogens with one attached hydrogen (secondary N) is 1. The monoisotopic (exact) mass is 338 g/mol. The summed E-state index contributed by atoms with van der Waals surface area (Å²) >= 11 is 1.51. The van der Waals surface area contributed by atoms with E-state index in [2.05, 4.69) is 36.4 Å². The van der Waals surface area contributed by atoms with Crippen LogP contribution >= 0.6 is 11.3 Å². The zero-order chi connectivity index (χ0) is 16.2. The van der Waals surface area contributed by atoms with Gasteiger partial charge in [0, 0.05) is 44.8 Å². The van der Waals surface area contributed by atoms with E-state index in [-0.39, 0.29) is 0 Å². The molecule has 0 aromatic carbocycles. The van der Waals surface area contributed by atoms with Crippen LogP contribution in [0.5, 0.6) is 0 Å². The van der Waals surface area contributed by atoms with Gasteiger partial charge in [-0.15, -0.1) is 10.2 Å². The lowest BCUT2D eigenvalue weighted by Gasteiger charge is -2.29. The van der Waals surface area contributed by atoms with E-state index in [9.17, 15) is 0 Å². The fourth-order valence-electron chi connectivity index (χ4n) is 3.06. The molecule has 6 nitrogen and oxygen atoms in total. The van der Waals surface area contributed by atoms with Crippen molar-refractivity contribution in [3.05, 3.63) is 64.7 Å². The molecule has 1 aliphatic heterocycles. The molecule has 3 aromatic rings. The smallest absolute Gasteiger partial charge is 0.205 e. The van der Waals surface area contributed by atoms with Crippen LogP contribution in [-0.2, 0) is 26.1 Å². The van der Waals surface area contributed by atoms with E-state index in [4.69, 9.17) is 0 Å². The molecule has 0 unspecified atom stereocenters. The molecule has 0 amide bonds. The Kier molecular flexibility index (Phi) is 4.44. The van der Waals surface area contributed by atoms with Crippen molar-refractivity contribution in [2.24, 2.45) is 0 Å². The molecule has 3 aromatic heterocycles. The van der Waals surface area contributed by atoms with Crippen LogP contribution in [0, 0.1) is 0 Å². The zero-order valence-electron chi connectivity index (χ0n) is 13.2. The van der Waals surface area contributed by atoms with Gasteiger partial charge in [-0.25, -0.2) is 0 Å². The van der Waals surface area contributed by atoms with E-state index < -0.39 is 0 Å². The highest BCUT2D eigenvalue weighted by Gasteiger charge is 2.19. The lowest BCUT2D eigenvalue weighted by atomic mass is 9.97. The highest BCUT2D eigenvalue weighted by molar-refractivity contribution is 7.13. The van der Waals surface area contributed by atoms with E-state index in [1.165, 1.54) is 28.0 Å². The maximum absolute atomic E-state index is 4.43. The Hall–Kier alpha value is -2.38. The Morgan fingerprint density at radius 2 is 2.25 bits per heavy atom. The number of anilines is 1. The van der Waals surface area contributed by atoms with Gasteiger partial charge in [0.2, 0.25) is 5.13 Å². The minimum Gasteiger partial charge on any atom is -0.356 e. The number of nitrogens with zero attached hydrogens (tertiary/aromatic N) is 5. The van der Waals surface area contributed by atoms with Crippen LogP contribution in [0.15, 0.2) is 42.3 Å². The fraction of sp³-hybridized carbons (Fsp3) is 0.294. The molecule has 0 radical (unpaired) electrons. The summed E-state index contributed by atoms with van der Waals surface area (Å²) in [6.45, 7) is 3.59. The molecule has 4 heterocycles. The first kappa shape index (κ1) is 15.2. The van der Waals surface area contributed by atoms with Crippen molar-refractivity contribution in [2.75, 3.05) is 11.9 Å². The normalized spacial score (nSPS) is 14.3. The lowest BCUT2D eigenvalue weighted by Crippen LogP contribution is -2.31. The fourth-order valence-corrected chi connectivity index (χ4v) is 3.50. The summed E-state index contributed by atoms with van der Waals surface area (Å²) in [4.78, 5) is 11.3. The van der Waals surface area contributed by atoms with Gasteiger partial charge in [0.1, 0.15) is 5.51 Å². The van der Waals surface area contributed by atoms with E-state index in [1.54, 1.807) is 5.51 Å². The molecule has 0 fully saturated rings. The maximum atomic E-state index is 4.43. The van der Waals surface area contributed by atoms with Crippen molar-refractivity contribution < 1.29 is 0 Å². The predicted octanol–water partition coefficient (Wildman–Crippen LogP) is 2.50. The van der Waals surface area contributed by atoms with Crippen molar-refractivity contribution in [1.82, 2.24) is 25.1 Å². The Morgan fingerprint density at radius 1 is 1.25 bits per heavy atom. The number of fused-ring (bicyclic) bond motifs is 1. The van der Waals surface area contributed by atoms with Crippen LogP contribution in [0.3, 0.4) is 0 Å². The third-order valence-electron chi connectivity index (χ3n) is 4.21. The number of hydrogen-bond donors (Lipinski definition) is 1. The summed E-state index contributed by atoms with van der Waals surface area (Å²) in [6.07, 6.45) is 6.85. The van der Waals surface area contributed by atoms with Gasteiger partial charge in [0.15, 0.2) is 0 Å². The molecule has 0 saturated heterocycles. The van der Waals surface area contributed by atoms with Crippen LogP contribution in [-0.4, -0.2) is 31.6 Å². The number of pyridine rings is 2. The Bertz CT molecular complexity index is 790. The first-order valence-corrected chi connectivity index (χ1v) is 8.83. The van der Waals surface area contributed by atoms with Crippen molar-refractivity contribution in [2.45, 2.75) is 26.1 Å². The summed E-state index contributed by atoms with van der Waals surface area (Å²) in [5, 5.41) is 12.0. The summed E-state index contributed by atoms with van der Waals surface area (Å²) in [5.74, 6) is 0. The lowest BCUT2D eigenvalue weighted by molar-refractivity contribution is 0.242. The van der Waals surface area contributed by atoms with Gasteiger partial charge in [-0.1, -0.05) is 17.4 Å². The molecule has 1 aliphatic rings. The van der Waals surface area contributed by atoms with E-state index in [0.717, 1.165) is 43.4 Å². The quantitative estimate of drug-likeness (QED) is 0.771. The van der Waals surface area contributed by atoms with Crippen molar-refractivity contribution in [1.29, 1.82) is 0 Å². The van der Waals surface area contributed by atoms with Crippen LogP contribution in [0.25, 0.3) is 0 Å². The molecule has 0 spiro atoms. The Morgan fingerprint density at radius 3 is 3.08 bits per heavy atom. The minimum absolute atomic E-state index is 0.742. The molecule has 0 atom stereocenters. The first-order chi connectivity index (χ1) is 11.9. The van der Waals surface area contributed by atoms with Gasteiger partial charge in [-0.05, 0) is 35.2 Å². The van der Waals surface area contributed by atoms with E-state index in [0.29, 0.717) is 0 Å². The maximum Gasteiger partial charge on any atom is 0.205 e. The van der Waals surface area contributed by atoms with Gasteiger partial charge in [0.05, 0.1) is 5.69 Å². The second kappa shape index (κ2) is 7.02. The zero-order valence-corrected chi connectivity index (χ0v) is 14.0. The van der Waals surface area contributed by atoms with Crippen molar-refractivity contribution >= 4 is 16.5 Å². The molecular weight excluding hydrogens is 320 g/mol. The van der Waals surface area contributed by atoms with Gasteiger partial charge in [0.25, 0.3) is 0 Å². The van der Waals surface area contributed by atoms with Gasteiger partial charge in [-0.3, -0.25) is 14.9 Å². The van der Waals surface area contributed by atoms with E-state index in [1.807, 2.05) is 30.7 Å². The standard InChI is InChI=1S/C17H18N6S/c1-2-5-19-15(3-1)11-23-6-4-16-13(7-18-8-14(16)10-23)9-20-17-22-21-12-24-17/h1-3,5,7-8,12H,4,6,9-11H2,(H,20,22). The highest BCUT2D eigenvalue weighted by Crippen LogP contribution is 2.23. The molecule has 0 bridgehead atoms. The van der Waals surface area contributed by atoms with Crippen LogP contribution in [0.4, 0.5) is 5.13 Å². The van der Waals surface area contributed by atoms with Crippen LogP contribution in [0.2, 0.25) is 0 Å². The summed E-state index contributed by atoms with van der Waals surface area (Å²) < 4.78 is 0. The number of aromatic nitrogens is 4. The molecule has 24 heavy (non-hydrogen) atoms. The molecule has 7 heteroatoms. The summed E-state index contributed by atoms with van der Waals surface area (Å²) in [7, 11) is 0. The number of rotatable bonds is 5. The van der Waals surface area contributed by atoms with Gasteiger partial charge >= 0.3 is 0 Å². The Labute approximate surface area is 144 Å². The predicted molar refractivity (Wildman–Crippen MR) is 93.5 cm³/mol. The summed E-state index contributed by atoms with van der Waals surface area (Å²) in [6, 6.07) is 6.07. The van der Waals surface area contributed by atoms with Crippen LogP contribution in [0.1, 0.15) is 22.4 Å². The SMILES string of the molecule is c1ccc(CN2CCc3c(CNc4nncs4)cncc3C2)nc1. The van der Waals surface area contributed by atoms with Crippen molar-refractivity contribution in [3.8, 4) is 0 Å². The molecule has 122 valence electrons. The third kappa shape index (κ3) is 3.42. The van der Waals surface area contributed by atoms with E-state index >= 15 is 0 Å². The minimum atomic E-state index is 0.742. The third-order valence-corrected chi connectivity index (χ3v) is 4.86. The molecule has 1 N–H and O–H groups in total. The molecule has 0 saturated carbocycles. The Balaban J connectivity index is 1.45. The van der Waals surface area contributed by atoms with Crippen molar-refractivity contribution in [3.63, 3.8) is 0 Å². The number of hydrogen-bond acceptors (Lipinski definition) is 7. The highest BCUT2D eigenvalue weighted by atomic mass is 32.1. The van der Waals surface area contributed by atoms with Gasteiger partial charge < -0.3 is 5.32 Å². The largest absolute Gasteiger partial charge is 0.356 e. The second-order valence-electron chi connectivity index (χ2n) is 5.82. The first-order valence-electron chi connectivity index (χ1n) is 7.95. The molecule has 0 aliphatic carbocycles. The van der Waals surface area contributed by atoms with Gasteiger partial charge in [-0.2, -0.15) is 0 Å². The molecule has 4 rings (SSSR count). The topological polar surface area (TPSA) is 66.8 Å². The van der Waals surface area contributed by atoms with Crippen LogP contribution < -0.4 is 5.32 Å². The molecular formula is C17H18N6S. The average Bonchev–Trinajstić information content (AvgIpc) is 3.14.